The zero-order valence-electron chi connectivity index (χ0n) is 8.84. The normalized spacial score (nSPS) is 17.8. The maximum Gasteiger partial charge on any atom is 0.317 e. The third-order valence-electron chi connectivity index (χ3n) is 2.60. The van der Waals surface area contributed by atoms with Crippen LogP contribution in [0.15, 0.2) is 0 Å². The van der Waals surface area contributed by atoms with Crippen LogP contribution in [0, 0.1) is 0 Å². The molecule has 1 fully saturated rings. The Labute approximate surface area is 80.5 Å². The van der Waals surface area contributed by atoms with Gasteiger partial charge in [-0.15, -0.1) is 0 Å². The van der Waals surface area contributed by atoms with Gasteiger partial charge < -0.3 is 10.2 Å². The molecule has 0 radical (unpaired) electrons. The van der Waals surface area contributed by atoms with Gasteiger partial charge in [-0.25, -0.2) is 4.79 Å². The van der Waals surface area contributed by atoms with Crippen LogP contribution >= 0.6 is 0 Å². The van der Waals surface area contributed by atoms with Gasteiger partial charge in [-0.3, -0.25) is 0 Å². The fourth-order valence-corrected chi connectivity index (χ4v) is 1.81. The van der Waals surface area contributed by atoms with Gasteiger partial charge in [0.1, 0.15) is 0 Å². The maximum absolute atomic E-state index is 11.6. The minimum atomic E-state index is 0.0712. The topological polar surface area (TPSA) is 32.3 Å². The van der Waals surface area contributed by atoms with E-state index in [1.807, 2.05) is 25.8 Å². The fraction of sp³-hybridized carbons (Fsp3) is 0.900. The van der Waals surface area contributed by atoms with Crippen molar-refractivity contribution in [3.63, 3.8) is 0 Å². The van der Waals surface area contributed by atoms with E-state index in [1.54, 1.807) is 0 Å². The van der Waals surface area contributed by atoms with Crippen molar-refractivity contribution >= 4 is 6.03 Å². The summed E-state index contributed by atoms with van der Waals surface area (Å²) in [4.78, 5) is 13.4. The van der Waals surface area contributed by atoms with Gasteiger partial charge in [-0.05, 0) is 26.7 Å². The van der Waals surface area contributed by atoms with Crippen molar-refractivity contribution in [1.82, 2.24) is 10.2 Å². The first-order valence-electron chi connectivity index (χ1n) is 5.14. The first-order valence-corrected chi connectivity index (χ1v) is 5.14. The monoisotopic (exact) mass is 184 g/mol. The summed E-state index contributed by atoms with van der Waals surface area (Å²) in [5.41, 5.74) is 0. The Morgan fingerprint density at radius 3 is 2.38 bits per heavy atom. The predicted octanol–water partition coefficient (Wildman–Crippen LogP) is 1.98. The average molecular weight is 184 g/mol. The Morgan fingerprint density at radius 1 is 1.38 bits per heavy atom. The van der Waals surface area contributed by atoms with Gasteiger partial charge in [0.05, 0.1) is 0 Å². The minimum absolute atomic E-state index is 0.0712. The van der Waals surface area contributed by atoms with Crippen molar-refractivity contribution in [2.24, 2.45) is 0 Å². The predicted molar refractivity (Wildman–Crippen MR) is 53.7 cm³/mol. The average Bonchev–Trinajstić information content (AvgIpc) is 2.53. The van der Waals surface area contributed by atoms with Crippen molar-refractivity contribution in [2.45, 2.75) is 51.6 Å². The van der Waals surface area contributed by atoms with E-state index in [2.05, 4.69) is 5.32 Å². The van der Waals surface area contributed by atoms with Gasteiger partial charge in [0.2, 0.25) is 0 Å². The Kier molecular flexibility index (Phi) is 3.58. The van der Waals surface area contributed by atoms with Crippen molar-refractivity contribution in [1.29, 1.82) is 0 Å². The lowest BCUT2D eigenvalue weighted by molar-refractivity contribution is 0.188. The lowest BCUT2D eigenvalue weighted by atomic mass is 10.2. The zero-order chi connectivity index (χ0) is 9.84. The summed E-state index contributed by atoms with van der Waals surface area (Å²) in [6.45, 7) is 3.97. The van der Waals surface area contributed by atoms with Gasteiger partial charge in [0.15, 0.2) is 0 Å². The highest BCUT2D eigenvalue weighted by atomic mass is 16.2. The van der Waals surface area contributed by atoms with Gasteiger partial charge in [-0.2, -0.15) is 0 Å². The quantitative estimate of drug-likeness (QED) is 0.699. The summed E-state index contributed by atoms with van der Waals surface area (Å²) in [5.74, 6) is 0. The summed E-state index contributed by atoms with van der Waals surface area (Å²) in [6, 6.07) is 0.775. The fourth-order valence-electron chi connectivity index (χ4n) is 1.81. The molecule has 0 unspecified atom stereocenters. The van der Waals surface area contributed by atoms with E-state index in [0.29, 0.717) is 6.04 Å². The Bertz CT molecular complexity index is 174. The molecule has 1 saturated carbocycles. The molecule has 1 aliphatic carbocycles. The zero-order valence-corrected chi connectivity index (χ0v) is 8.84. The molecule has 0 heterocycles. The highest BCUT2D eigenvalue weighted by molar-refractivity contribution is 5.74. The smallest absolute Gasteiger partial charge is 0.317 e. The van der Waals surface area contributed by atoms with E-state index in [9.17, 15) is 4.79 Å². The van der Waals surface area contributed by atoms with Gasteiger partial charge in [-0.1, -0.05) is 12.8 Å². The molecule has 3 nitrogen and oxygen atoms in total. The second-order valence-electron chi connectivity index (χ2n) is 4.15. The number of hydrogen-bond donors (Lipinski definition) is 1. The van der Waals surface area contributed by atoms with E-state index in [4.69, 9.17) is 0 Å². The number of hydrogen-bond acceptors (Lipinski definition) is 1. The lowest BCUT2D eigenvalue weighted by Gasteiger charge is -2.25. The largest absolute Gasteiger partial charge is 0.336 e. The molecule has 0 spiro atoms. The molecule has 1 rings (SSSR count). The van der Waals surface area contributed by atoms with E-state index in [1.165, 1.54) is 25.7 Å². The van der Waals surface area contributed by atoms with Crippen LogP contribution in [0.3, 0.4) is 0 Å². The first kappa shape index (κ1) is 10.4. The molecule has 1 N–H and O–H groups in total. The molecule has 0 aliphatic heterocycles. The summed E-state index contributed by atoms with van der Waals surface area (Å²) >= 11 is 0. The van der Waals surface area contributed by atoms with Crippen LogP contribution in [-0.2, 0) is 0 Å². The maximum atomic E-state index is 11.6. The number of rotatable bonds is 2. The first-order chi connectivity index (χ1) is 6.11. The molecule has 3 heteroatoms. The lowest BCUT2D eigenvalue weighted by Crippen LogP contribution is -2.44. The Hall–Kier alpha value is -0.730. The van der Waals surface area contributed by atoms with Crippen molar-refractivity contribution in [3.8, 4) is 0 Å². The molecule has 1 aliphatic rings. The molecule has 13 heavy (non-hydrogen) atoms. The van der Waals surface area contributed by atoms with Gasteiger partial charge in [0, 0.05) is 19.1 Å². The van der Waals surface area contributed by atoms with Crippen LogP contribution < -0.4 is 5.32 Å². The molecule has 0 bridgehead atoms. The van der Waals surface area contributed by atoms with Crippen LogP contribution in [0.2, 0.25) is 0 Å². The van der Waals surface area contributed by atoms with Crippen LogP contribution in [0.5, 0.6) is 0 Å². The number of nitrogens with one attached hydrogen (secondary N) is 1. The summed E-state index contributed by atoms with van der Waals surface area (Å²) < 4.78 is 0. The van der Waals surface area contributed by atoms with Crippen LogP contribution in [-0.4, -0.2) is 30.1 Å². The number of carbonyl (C=O) groups excluding carboxylic acids is 1. The molecule has 0 saturated heterocycles. The van der Waals surface area contributed by atoms with Crippen LogP contribution in [0.4, 0.5) is 4.79 Å². The van der Waals surface area contributed by atoms with E-state index < -0.39 is 0 Å². The van der Waals surface area contributed by atoms with Crippen LogP contribution in [0.1, 0.15) is 39.5 Å². The Balaban J connectivity index is 2.36. The van der Waals surface area contributed by atoms with Crippen LogP contribution in [0.25, 0.3) is 0 Å². The number of urea groups is 1. The standard InChI is InChI=1S/C10H20N2O/c1-8(2)11-10(13)12(3)9-6-4-5-7-9/h8-9H,4-7H2,1-3H3,(H,11,13). The Morgan fingerprint density at radius 2 is 1.92 bits per heavy atom. The highest BCUT2D eigenvalue weighted by Crippen LogP contribution is 2.22. The summed E-state index contributed by atoms with van der Waals surface area (Å²) in [6.07, 6.45) is 4.87. The van der Waals surface area contributed by atoms with E-state index in [-0.39, 0.29) is 12.1 Å². The molecule has 0 aromatic rings. The van der Waals surface area contributed by atoms with Crippen molar-refractivity contribution < 1.29 is 4.79 Å². The van der Waals surface area contributed by atoms with E-state index in [0.717, 1.165) is 0 Å². The second kappa shape index (κ2) is 4.49. The van der Waals surface area contributed by atoms with Gasteiger partial charge in [0.25, 0.3) is 0 Å². The molecule has 0 atom stereocenters. The summed E-state index contributed by atoms with van der Waals surface area (Å²) in [7, 11) is 1.90. The number of amides is 2. The molecule has 2 amide bonds. The third kappa shape index (κ3) is 2.90. The SMILES string of the molecule is CC(C)NC(=O)N(C)C1CCCC1. The molecular weight excluding hydrogens is 164 g/mol. The molecule has 0 aromatic heterocycles. The van der Waals surface area contributed by atoms with E-state index >= 15 is 0 Å². The van der Waals surface area contributed by atoms with Gasteiger partial charge >= 0.3 is 6.03 Å². The summed E-state index contributed by atoms with van der Waals surface area (Å²) in [5, 5.41) is 2.91. The molecule has 76 valence electrons. The van der Waals surface area contributed by atoms with Crippen molar-refractivity contribution in [2.75, 3.05) is 7.05 Å². The number of nitrogens with zero attached hydrogens (tertiary/aromatic N) is 1. The minimum Gasteiger partial charge on any atom is -0.336 e. The molecular formula is C10H20N2O. The van der Waals surface area contributed by atoms with Crippen molar-refractivity contribution in [3.05, 3.63) is 0 Å². The molecule has 0 aromatic carbocycles. The second-order valence-corrected chi connectivity index (χ2v) is 4.15. The highest BCUT2D eigenvalue weighted by Gasteiger charge is 2.23. The number of carbonyl (C=O) groups is 1. The third-order valence-corrected chi connectivity index (χ3v) is 2.60.